The van der Waals surface area contributed by atoms with Gasteiger partial charge in [-0.1, -0.05) is 18.2 Å². The summed E-state index contributed by atoms with van der Waals surface area (Å²) in [5.74, 6) is -1.20. The van der Waals surface area contributed by atoms with E-state index in [0.29, 0.717) is 6.54 Å². The molecule has 0 aliphatic heterocycles. The molecule has 2 aromatic rings. The highest BCUT2D eigenvalue weighted by atomic mass is 16.4. The number of hydrogen-bond donors (Lipinski definition) is 2. The molecule has 0 spiro atoms. The van der Waals surface area contributed by atoms with Crippen LogP contribution in [0, 0.1) is 0 Å². The third-order valence-electron chi connectivity index (χ3n) is 2.95. The fourth-order valence-electron chi connectivity index (χ4n) is 2.02. The summed E-state index contributed by atoms with van der Waals surface area (Å²) >= 11 is 0. The molecule has 5 nitrogen and oxygen atoms in total. The molecule has 0 saturated heterocycles. The average molecular weight is 246 g/mol. The number of fused-ring (bicyclic) bond motifs is 1. The number of carbonyl (C=O) groups is 1. The predicted octanol–water partition coefficient (Wildman–Crippen LogP) is 1.11. The highest BCUT2D eigenvalue weighted by molar-refractivity contribution is 5.82. The van der Waals surface area contributed by atoms with E-state index in [2.05, 4.69) is 0 Å². The van der Waals surface area contributed by atoms with Crippen molar-refractivity contribution in [2.24, 2.45) is 5.73 Å². The third-order valence-corrected chi connectivity index (χ3v) is 2.95. The van der Waals surface area contributed by atoms with Crippen molar-refractivity contribution in [3.8, 4) is 0 Å². The van der Waals surface area contributed by atoms with Crippen LogP contribution in [0.3, 0.4) is 0 Å². The van der Waals surface area contributed by atoms with Crippen LogP contribution in [0.15, 0.2) is 35.1 Å². The fourth-order valence-corrected chi connectivity index (χ4v) is 2.02. The van der Waals surface area contributed by atoms with Crippen molar-refractivity contribution in [3.63, 3.8) is 0 Å². The first-order valence-corrected chi connectivity index (χ1v) is 5.67. The number of pyridine rings is 1. The predicted molar refractivity (Wildman–Crippen MR) is 68.4 cm³/mol. The standard InChI is InChI=1S/C13H14N2O3/c1-2-15-10-6-4-3-5-8(10)7-9(12(15)16)11(14)13(17)18/h3-7,11H,2,14H2,1H3,(H,17,18)/t11-/m0/s1. The molecule has 0 radical (unpaired) electrons. The van der Waals surface area contributed by atoms with Crippen molar-refractivity contribution in [1.82, 2.24) is 4.57 Å². The van der Waals surface area contributed by atoms with Crippen molar-refractivity contribution in [3.05, 3.63) is 46.2 Å². The molecule has 0 aliphatic carbocycles. The van der Waals surface area contributed by atoms with Crippen LogP contribution in [-0.4, -0.2) is 15.6 Å². The van der Waals surface area contributed by atoms with Crippen molar-refractivity contribution >= 4 is 16.9 Å². The Hall–Kier alpha value is -2.14. The first-order chi connectivity index (χ1) is 8.56. The summed E-state index contributed by atoms with van der Waals surface area (Å²) in [5.41, 5.74) is 6.10. The highest BCUT2D eigenvalue weighted by Gasteiger charge is 2.20. The maximum Gasteiger partial charge on any atom is 0.325 e. The van der Waals surface area contributed by atoms with Gasteiger partial charge in [-0.3, -0.25) is 9.59 Å². The molecule has 2 rings (SSSR count). The largest absolute Gasteiger partial charge is 0.480 e. The summed E-state index contributed by atoms with van der Waals surface area (Å²) in [6.45, 7) is 2.31. The Morgan fingerprint density at radius 2 is 2.11 bits per heavy atom. The molecular formula is C13H14N2O3. The van der Waals surface area contributed by atoms with Gasteiger partial charge in [0.05, 0.1) is 5.52 Å². The van der Waals surface area contributed by atoms with E-state index < -0.39 is 12.0 Å². The molecule has 1 heterocycles. The van der Waals surface area contributed by atoms with Crippen molar-refractivity contribution in [2.75, 3.05) is 0 Å². The molecule has 0 amide bonds. The molecule has 5 heteroatoms. The lowest BCUT2D eigenvalue weighted by molar-refractivity contribution is -0.138. The van der Waals surface area contributed by atoms with Gasteiger partial charge in [0, 0.05) is 12.1 Å². The number of aryl methyl sites for hydroxylation is 1. The Bertz CT molecular complexity index is 661. The van der Waals surface area contributed by atoms with Crippen LogP contribution >= 0.6 is 0 Å². The van der Waals surface area contributed by atoms with Gasteiger partial charge in [-0.15, -0.1) is 0 Å². The molecule has 0 fully saturated rings. The van der Waals surface area contributed by atoms with E-state index in [9.17, 15) is 9.59 Å². The first-order valence-electron chi connectivity index (χ1n) is 5.67. The smallest absolute Gasteiger partial charge is 0.325 e. The second-order valence-corrected chi connectivity index (χ2v) is 4.02. The van der Waals surface area contributed by atoms with Crippen molar-refractivity contribution in [2.45, 2.75) is 19.5 Å². The molecule has 1 aromatic heterocycles. The van der Waals surface area contributed by atoms with Gasteiger partial charge < -0.3 is 15.4 Å². The Morgan fingerprint density at radius 1 is 1.44 bits per heavy atom. The minimum Gasteiger partial charge on any atom is -0.480 e. The lowest BCUT2D eigenvalue weighted by Crippen LogP contribution is -2.32. The van der Waals surface area contributed by atoms with Crippen LogP contribution in [0.25, 0.3) is 10.9 Å². The summed E-state index contributed by atoms with van der Waals surface area (Å²) in [7, 11) is 0. The van der Waals surface area contributed by atoms with E-state index in [4.69, 9.17) is 10.8 Å². The molecular weight excluding hydrogens is 232 g/mol. The zero-order valence-corrected chi connectivity index (χ0v) is 9.96. The van der Waals surface area contributed by atoms with Gasteiger partial charge in [0.25, 0.3) is 5.56 Å². The summed E-state index contributed by atoms with van der Waals surface area (Å²) in [6.07, 6.45) is 0. The van der Waals surface area contributed by atoms with Gasteiger partial charge in [0.2, 0.25) is 0 Å². The fraction of sp³-hybridized carbons (Fsp3) is 0.231. The van der Waals surface area contributed by atoms with Crippen LogP contribution in [-0.2, 0) is 11.3 Å². The summed E-state index contributed by atoms with van der Waals surface area (Å²) in [5, 5.41) is 9.73. The van der Waals surface area contributed by atoms with Crippen LogP contribution in [0.2, 0.25) is 0 Å². The molecule has 18 heavy (non-hydrogen) atoms. The number of carboxylic acids is 1. The van der Waals surface area contributed by atoms with E-state index in [-0.39, 0.29) is 11.1 Å². The molecule has 1 atom stereocenters. The zero-order valence-electron chi connectivity index (χ0n) is 9.96. The molecule has 0 bridgehead atoms. The number of rotatable bonds is 3. The number of para-hydroxylation sites is 1. The lowest BCUT2D eigenvalue weighted by atomic mass is 10.1. The lowest BCUT2D eigenvalue weighted by Gasteiger charge is -2.13. The van der Waals surface area contributed by atoms with Gasteiger partial charge in [-0.25, -0.2) is 0 Å². The van der Waals surface area contributed by atoms with Crippen molar-refractivity contribution in [1.29, 1.82) is 0 Å². The number of aromatic nitrogens is 1. The number of hydrogen-bond acceptors (Lipinski definition) is 3. The van der Waals surface area contributed by atoms with E-state index >= 15 is 0 Å². The summed E-state index contributed by atoms with van der Waals surface area (Å²) in [4.78, 5) is 23.1. The van der Waals surface area contributed by atoms with E-state index in [1.54, 1.807) is 6.07 Å². The Morgan fingerprint density at radius 3 is 2.72 bits per heavy atom. The molecule has 0 aliphatic rings. The maximum absolute atomic E-state index is 12.2. The normalized spacial score (nSPS) is 12.6. The number of carboxylic acid groups (broad SMARTS) is 1. The van der Waals surface area contributed by atoms with Crippen LogP contribution < -0.4 is 11.3 Å². The number of benzene rings is 1. The number of aliphatic carboxylic acids is 1. The Balaban J connectivity index is 2.81. The van der Waals surface area contributed by atoms with E-state index in [0.717, 1.165) is 10.9 Å². The zero-order chi connectivity index (χ0) is 13.3. The SMILES string of the molecule is CCn1c(=O)c([C@H](N)C(=O)O)cc2ccccc21. The van der Waals surface area contributed by atoms with Gasteiger partial charge in [-0.2, -0.15) is 0 Å². The van der Waals surface area contributed by atoms with Gasteiger partial charge in [0.15, 0.2) is 0 Å². The highest BCUT2D eigenvalue weighted by Crippen LogP contribution is 2.16. The van der Waals surface area contributed by atoms with Gasteiger partial charge in [-0.05, 0) is 24.4 Å². The summed E-state index contributed by atoms with van der Waals surface area (Å²) in [6, 6.07) is 7.60. The second-order valence-electron chi connectivity index (χ2n) is 4.02. The van der Waals surface area contributed by atoms with Crippen LogP contribution in [0.5, 0.6) is 0 Å². The topological polar surface area (TPSA) is 85.3 Å². The molecule has 94 valence electrons. The Kier molecular flexibility index (Phi) is 3.16. The average Bonchev–Trinajstić information content (AvgIpc) is 2.37. The van der Waals surface area contributed by atoms with E-state index in [1.165, 1.54) is 4.57 Å². The quantitative estimate of drug-likeness (QED) is 0.849. The maximum atomic E-state index is 12.2. The monoisotopic (exact) mass is 246 g/mol. The van der Waals surface area contributed by atoms with Crippen LogP contribution in [0.1, 0.15) is 18.5 Å². The molecule has 1 aromatic carbocycles. The summed E-state index contributed by atoms with van der Waals surface area (Å²) < 4.78 is 1.54. The molecule has 3 N–H and O–H groups in total. The first kappa shape index (κ1) is 12.3. The third kappa shape index (κ3) is 1.89. The van der Waals surface area contributed by atoms with E-state index in [1.807, 2.05) is 31.2 Å². The molecule has 0 unspecified atom stereocenters. The Labute approximate surface area is 103 Å². The minimum atomic E-state index is -1.29. The van der Waals surface area contributed by atoms with Crippen molar-refractivity contribution < 1.29 is 9.90 Å². The minimum absolute atomic E-state index is 0.114. The van der Waals surface area contributed by atoms with Crippen LogP contribution in [0.4, 0.5) is 0 Å². The van der Waals surface area contributed by atoms with Gasteiger partial charge in [0.1, 0.15) is 6.04 Å². The van der Waals surface area contributed by atoms with Gasteiger partial charge >= 0.3 is 5.97 Å². The second kappa shape index (κ2) is 4.62. The molecule has 0 saturated carbocycles. The number of nitrogens with zero attached hydrogens (tertiary/aromatic N) is 1. The number of nitrogens with two attached hydrogens (primary N) is 1.